The number of hydrogen-bond donors (Lipinski definition) is 3. The molecule has 5 aromatic rings. The lowest BCUT2D eigenvalue weighted by Crippen LogP contribution is -2.51. The van der Waals surface area contributed by atoms with Gasteiger partial charge in [-0.25, -0.2) is 19.6 Å². The van der Waals surface area contributed by atoms with E-state index in [1.165, 1.54) is 7.11 Å². The third-order valence-corrected chi connectivity index (χ3v) is 10.7. The highest BCUT2D eigenvalue weighted by atomic mass is 16.7. The maximum Gasteiger partial charge on any atom is 0.328 e. The van der Waals surface area contributed by atoms with E-state index < -0.39 is 24.3 Å². The van der Waals surface area contributed by atoms with E-state index in [0.29, 0.717) is 6.42 Å². The number of hydrogen-bond acceptors (Lipinski definition) is 10. The zero-order chi connectivity index (χ0) is 39.6. The first-order chi connectivity index (χ1) is 27.9. The van der Waals surface area contributed by atoms with Gasteiger partial charge in [-0.2, -0.15) is 0 Å². The summed E-state index contributed by atoms with van der Waals surface area (Å²) in [5, 5.41) is 15.3. The largest absolute Gasteiger partial charge is 0.467 e. The molecule has 7 rings (SSSR count). The van der Waals surface area contributed by atoms with Gasteiger partial charge >= 0.3 is 12.0 Å². The third-order valence-electron chi connectivity index (χ3n) is 10.7. The van der Waals surface area contributed by atoms with Gasteiger partial charge in [-0.15, -0.1) is 0 Å². The van der Waals surface area contributed by atoms with Crippen LogP contribution in [-0.2, 0) is 38.6 Å². The second-order valence-corrected chi connectivity index (χ2v) is 14.6. The predicted octanol–water partition coefficient (Wildman–Crippen LogP) is 5.83. The van der Waals surface area contributed by atoms with Crippen molar-refractivity contribution in [3.05, 3.63) is 149 Å². The Morgan fingerprint density at radius 3 is 2.23 bits per heavy atom. The topological polar surface area (TPSA) is 138 Å². The number of piperazine rings is 1. The first-order valence-electron chi connectivity index (χ1n) is 19.5. The average Bonchev–Trinajstić information content (AvgIpc) is 3.27. The Bertz CT molecular complexity index is 2060. The van der Waals surface area contributed by atoms with Crippen molar-refractivity contribution in [1.82, 2.24) is 25.5 Å². The van der Waals surface area contributed by atoms with E-state index >= 15 is 0 Å². The van der Waals surface area contributed by atoms with Gasteiger partial charge in [0.05, 0.1) is 25.9 Å². The van der Waals surface area contributed by atoms with Gasteiger partial charge in [-0.1, -0.05) is 97.9 Å². The van der Waals surface area contributed by atoms with Crippen molar-refractivity contribution in [2.75, 3.05) is 44.7 Å². The summed E-state index contributed by atoms with van der Waals surface area (Å²) in [6, 6.07) is 34.2. The molecule has 3 heterocycles. The summed E-state index contributed by atoms with van der Waals surface area (Å²) in [5.41, 5.74) is 6.58. The van der Waals surface area contributed by atoms with Gasteiger partial charge in [0, 0.05) is 69.6 Å². The minimum Gasteiger partial charge on any atom is -0.467 e. The lowest BCUT2D eigenvalue weighted by molar-refractivity contribution is -0.276. The van der Waals surface area contributed by atoms with E-state index in [2.05, 4.69) is 49.5 Å². The highest BCUT2D eigenvalue weighted by Crippen LogP contribution is 2.42. The van der Waals surface area contributed by atoms with Crippen molar-refractivity contribution in [2.24, 2.45) is 5.92 Å². The fraction of sp³-hybridized carbons (Fsp3) is 0.333. The molecule has 2 aliphatic rings. The van der Waals surface area contributed by atoms with Crippen LogP contribution < -0.4 is 15.5 Å². The van der Waals surface area contributed by atoms with Gasteiger partial charge in [-0.3, -0.25) is 4.90 Å². The molecule has 2 saturated heterocycles. The summed E-state index contributed by atoms with van der Waals surface area (Å²) in [6.07, 6.45) is 2.93. The van der Waals surface area contributed by atoms with E-state index in [1.54, 1.807) is 12.4 Å². The molecule has 2 fully saturated rings. The van der Waals surface area contributed by atoms with Crippen molar-refractivity contribution in [3.63, 3.8) is 0 Å². The highest BCUT2D eigenvalue weighted by molar-refractivity contribution is 5.83. The molecule has 0 aliphatic carbocycles. The van der Waals surface area contributed by atoms with Crippen molar-refractivity contribution in [3.8, 4) is 11.1 Å². The number of urea groups is 1. The average molecular weight is 771 g/mol. The number of carbonyl (C=O) groups is 2. The molecule has 5 atom stereocenters. The molecule has 0 spiro atoms. The summed E-state index contributed by atoms with van der Waals surface area (Å²) in [6.45, 7) is 6.59. The number of nitrogens with one attached hydrogen (secondary N) is 2. The van der Waals surface area contributed by atoms with Gasteiger partial charge in [0.25, 0.3) is 0 Å². The summed E-state index contributed by atoms with van der Waals surface area (Å²) in [4.78, 5) is 39.0. The minimum absolute atomic E-state index is 0.0163. The molecule has 0 bridgehead atoms. The highest BCUT2D eigenvalue weighted by Gasteiger charge is 2.39. The summed E-state index contributed by atoms with van der Waals surface area (Å²) >= 11 is 0. The first kappa shape index (κ1) is 39.6. The lowest BCUT2D eigenvalue weighted by atomic mass is 9.89. The molecule has 0 unspecified atom stereocenters. The Labute approximate surface area is 333 Å². The SMILES string of the molecule is COC(=O)[C@H](Cc1ccccc1)NC(=O)NCc1cccc(-c2cccc([C@H]3O[C@@H](CN4CCN(c5ncccn5)CC4)[C@@H](C)[C@@H](c4ccc(CO)cc4)O3)c2)c1. The molecule has 2 aliphatic heterocycles. The lowest BCUT2D eigenvalue weighted by Gasteiger charge is -2.44. The first-order valence-corrected chi connectivity index (χ1v) is 19.5. The fourth-order valence-corrected chi connectivity index (χ4v) is 7.47. The number of carbonyl (C=O) groups excluding carboxylic acids is 2. The van der Waals surface area contributed by atoms with Crippen molar-refractivity contribution in [1.29, 1.82) is 0 Å². The third kappa shape index (κ3) is 10.2. The number of esters is 1. The van der Waals surface area contributed by atoms with E-state index in [9.17, 15) is 14.7 Å². The van der Waals surface area contributed by atoms with Crippen molar-refractivity contribution in [2.45, 2.75) is 51.0 Å². The number of nitrogens with zero attached hydrogens (tertiary/aromatic N) is 4. The van der Waals surface area contributed by atoms with Crippen LogP contribution in [0, 0.1) is 5.92 Å². The molecule has 4 aromatic carbocycles. The standard InChI is InChI=1S/C45H50N6O6/c1-31-40(29-50-21-23-51(24-22-50)44-46-19-8-20-47-44)56-43(57-41(31)35-17-15-33(30-52)16-18-35)38-14-7-13-37(27-38)36-12-6-11-34(25-36)28-48-45(54)49-39(42(53)55-2)26-32-9-4-3-5-10-32/h3-20,25,27,31,39-41,43,52H,21-24,26,28-30H2,1-2H3,(H2,48,49,54)/t31-,39+,40+,41+,43+/m1/s1. The minimum atomic E-state index is -0.822. The van der Waals surface area contributed by atoms with Gasteiger partial charge in [0.15, 0.2) is 6.29 Å². The van der Waals surface area contributed by atoms with E-state index in [-0.39, 0.29) is 31.3 Å². The molecule has 12 heteroatoms. The molecule has 57 heavy (non-hydrogen) atoms. The number of aliphatic hydroxyl groups is 1. The van der Waals surface area contributed by atoms with Gasteiger partial charge < -0.3 is 34.9 Å². The number of rotatable bonds is 13. The number of amides is 2. The van der Waals surface area contributed by atoms with Crippen LogP contribution in [0.5, 0.6) is 0 Å². The number of benzene rings is 4. The maximum absolute atomic E-state index is 12.9. The Morgan fingerprint density at radius 1 is 0.807 bits per heavy atom. The second-order valence-electron chi connectivity index (χ2n) is 14.6. The van der Waals surface area contributed by atoms with E-state index in [0.717, 1.165) is 77.6 Å². The van der Waals surface area contributed by atoms with Crippen LogP contribution in [0.2, 0.25) is 0 Å². The number of ether oxygens (including phenoxy) is 3. The molecule has 0 saturated carbocycles. The van der Waals surface area contributed by atoms with Gasteiger partial charge in [0.2, 0.25) is 5.95 Å². The van der Waals surface area contributed by atoms with Crippen LogP contribution in [0.4, 0.5) is 10.7 Å². The zero-order valence-electron chi connectivity index (χ0n) is 32.4. The van der Waals surface area contributed by atoms with Gasteiger partial charge in [-0.05, 0) is 51.6 Å². The molecule has 12 nitrogen and oxygen atoms in total. The van der Waals surface area contributed by atoms with Crippen LogP contribution in [0.15, 0.2) is 122 Å². The molecule has 2 amide bonds. The quantitative estimate of drug-likeness (QED) is 0.125. The smallest absolute Gasteiger partial charge is 0.328 e. The van der Waals surface area contributed by atoms with Crippen LogP contribution in [0.3, 0.4) is 0 Å². The van der Waals surface area contributed by atoms with Crippen LogP contribution in [0.25, 0.3) is 11.1 Å². The molecular formula is C45H50N6O6. The number of methoxy groups -OCH3 is 1. The normalized spacial score (nSPS) is 20.4. The Hall–Kier alpha value is -5.66. The number of aromatic nitrogens is 2. The van der Waals surface area contributed by atoms with Gasteiger partial charge in [0.1, 0.15) is 6.04 Å². The Morgan fingerprint density at radius 2 is 1.51 bits per heavy atom. The Kier molecular flexibility index (Phi) is 13.2. The van der Waals surface area contributed by atoms with Crippen molar-refractivity contribution >= 4 is 17.9 Å². The van der Waals surface area contributed by atoms with E-state index in [4.69, 9.17) is 14.2 Å². The summed E-state index contributed by atoms with van der Waals surface area (Å²) < 4.78 is 18.6. The molecule has 1 aromatic heterocycles. The summed E-state index contributed by atoms with van der Waals surface area (Å²) in [5.74, 6) is 0.308. The monoisotopic (exact) mass is 770 g/mol. The maximum atomic E-state index is 12.9. The van der Waals surface area contributed by atoms with Crippen molar-refractivity contribution < 1.29 is 28.9 Å². The predicted molar refractivity (Wildman–Crippen MR) is 217 cm³/mol. The number of aliphatic hydroxyl groups excluding tert-OH is 1. The van der Waals surface area contributed by atoms with E-state index in [1.807, 2.05) is 97.1 Å². The Balaban J connectivity index is 1.04. The molecule has 296 valence electrons. The number of anilines is 1. The molecular weight excluding hydrogens is 721 g/mol. The van der Waals surface area contributed by atoms with Crippen LogP contribution >= 0.6 is 0 Å². The van der Waals surface area contributed by atoms with Crippen LogP contribution in [-0.4, -0.2) is 84.0 Å². The fourth-order valence-electron chi connectivity index (χ4n) is 7.47. The summed E-state index contributed by atoms with van der Waals surface area (Å²) in [7, 11) is 1.31. The molecule has 3 N–H and O–H groups in total. The second kappa shape index (κ2) is 19.0. The van der Waals surface area contributed by atoms with Crippen LogP contribution in [0.1, 0.15) is 47.1 Å². The molecule has 0 radical (unpaired) electrons. The zero-order valence-corrected chi connectivity index (χ0v) is 32.4.